The van der Waals surface area contributed by atoms with E-state index in [-0.39, 0.29) is 18.6 Å². The quantitative estimate of drug-likeness (QED) is 0.730. The Labute approximate surface area is 107 Å². The van der Waals surface area contributed by atoms with Crippen molar-refractivity contribution in [3.05, 3.63) is 0 Å². The number of morpholine rings is 1. The number of carboxylic acid groups (broad SMARTS) is 1. The maximum Gasteiger partial charge on any atom is 0.323 e. The van der Waals surface area contributed by atoms with E-state index in [2.05, 4.69) is 5.32 Å². The highest BCUT2D eigenvalue weighted by molar-refractivity contribution is 5.82. The third-order valence-electron chi connectivity index (χ3n) is 3.40. The Morgan fingerprint density at radius 2 is 2.22 bits per heavy atom. The van der Waals surface area contributed by atoms with Gasteiger partial charge in [0.2, 0.25) is 5.91 Å². The third kappa shape index (κ3) is 3.68. The summed E-state index contributed by atoms with van der Waals surface area (Å²) in [7, 11) is 0. The van der Waals surface area contributed by atoms with Crippen LogP contribution in [0.3, 0.4) is 0 Å². The molecule has 0 aliphatic carbocycles. The van der Waals surface area contributed by atoms with Gasteiger partial charge in [-0.15, -0.1) is 0 Å². The molecule has 1 rings (SSSR count). The number of carbonyl (C=O) groups excluding carboxylic acids is 1. The predicted molar refractivity (Wildman–Crippen MR) is 66.3 cm³/mol. The average molecular weight is 258 g/mol. The molecule has 1 amide bonds. The molecule has 0 radical (unpaired) electrons. The largest absolute Gasteiger partial charge is 0.480 e. The molecule has 0 bridgehead atoms. The van der Waals surface area contributed by atoms with Gasteiger partial charge in [0.15, 0.2) is 0 Å². The highest BCUT2D eigenvalue weighted by Gasteiger charge is 2.32. The summed E-state index contributed by atoms with van der Waals surface area (Å²) in [6, 6.07) is 0. The number of hydrogen-bond acceptors (Lipinski definition) is 4. The minimum atomic E-state index is -1.05. The van der Waals surface area contributed by atoms with E-state index in [4.69, 9.17) is 9.84 Å². The smallest absolute Gasteiger partial charge is 0.323 e. The van der Waals surface area contributed by atoms with E-state index >= 15 is 0 Å². The Morgan fingerprint density at radius 1 is 1.56 bits per heavy atom. The molecule has 2 atom stereocenters. The molecule has 2 N–H and O–H groups in total. The van der Waals surface area contributed by atoms with Crippen molar-refractivity contribution >= 4 is 11.9 Å². The SMILES string of the molecule is CCC(C)(NCC(=O)N1CCOC(C)C1)C(=O)O. The first-order chi connectivity index (χ1) is 8.39. The van der Waals surface area contributed by atoms with Crippen LogP contribution in [-0.2, 0) is 14.3 Å². The molecule has 1 aliphatic heterocycles. The maximum absolute atomic E-state index is 11.9. The van der Waals surface area contributed by atoms with Gasteiger partial charge in [-0.2, -0.15) is 0 Å². The van der Waals surface area contributed by atoms with Crippen molar-refractivity contribution in [2.75, 3.05) is 26.2 Å². The summed E-state index contributed by atoms with van der Waals surface area (Å²) in [4.78, 5) is 24.7. The lowest BCUT2D eigenvalue weighted by Gasteiger charge is -2.32. The van der Waals surface area contributed by atoms with Crippen molar-refractivity contribution in [1.82, 2.24) is 10.2 Å². The van der Waals surface area contributed by atoms with Gasteiger partial charge in [0.25, 0.3) is 0 Å². The Balaban J connectivity index is 2.47. The number of amides is 1. The van der Waals surface area contributed by atoms with E-state index in [9.17, 15) is 9.59 Å². The summed E-state index contributed by atoms with van der Waals surface area (Å²) in [6.45, 7) is 7.00. The van der Waals surface area contributed by atoms with E-state index in [1.54, 1.807) is 18.7 Å². The van der Waals surface area contributed by atoms with Crippen molar-refractivity contribution in [2.45, 2.75) is 38.8 Å². The van der Waals surface area contributed by atoms with Crippen LogP contribution >= 0.6 is 0 Å². The van der Waals surface area contributed by atoms with Gasteiger partial charge < -0.3 is 14.7 Å². The second kappa shape index (κ2) is 6.15. The van der Waals surface area contributed by atoms with E-state index in [0.29, 0.717) is 26.1 Å². The van der Waals surface area contributed by atoms with Crippen LogP contribution in [0.4, 0.5) is 0 Å². The molecular formula is C12H22N2O4. The van der Waals surface area contributed by atoms with Crippen LogP contribution in [0.25, 0.3) is 0 Å². The first-order valence-electron chi connectivity index (χ1n) is 6.27. The summed E-state index contributed by atoms with van der Waals surface area (Å²) >= 11 is 0. The number of carbonyl (C=O) groups is 2. The lowest BCUT2D eigenvalue weighted by molar-refractivity contribution is -0.145. The fourth-order valence-electron chi connectivity index (χ4n) is 1.78. The number of rotatable bonds is 5. The number of nitrogens with one attached hydrogen (secondary N) is 1. The van der Waals surface area contributed by atoms with Gasteiger partial charge in [-0.05, 0) is 20.3 Å². The number of ether oxygens (including phenoxy) is 1. The lowest BCUT2D eigenvalue weighted by atomic mass is 9.99. The van der Waals surface area contributed by atoms with Crippen molar-refractivity contribution in [3.63, 3.8) is 0 Å². The molecule has 0 aromatic heterocycles. The number of hydrogen-bond donors (Lipinski definition) is 2. The summed E-state index contributed by atoms with van der Waals surface area (Å²) in [5.41, 5.74) is -1.05. The number of carboxylic acids is 1. The first kappa shape index (κ1) is 14.9. The van der Waals surface area contributed by atoms with Crippen molar-refractivity contribution in [2.24, 2.45) is 0 Å². The van der Waals surface area contributed by atoms with Crippen LogP contribution in [0.2, 0.25) is 0 Å². The number of aliphatic carboxylic acids is 1. The van der Waals surface area contributed by atoms with Gasteiger partial charge in [-0.3, -0.25) is 14.9 Å². The molecule has 0 aromatic rings. The summed E-state index contributed by atoms with van der Waals surface area (Å²) < 4.78 is 5.35. The van der Waals surface area contributed by atoms with Crippen molar-refractivity contribution < 1.29 is 19.4 Å². The zero-order valence-electron chi connectivity index (χ0n) is 11.2. The third-order valence-corrected chi connectivity index (χ3v) is 3.40. The summed E-state index contributed by atoms with van der Waals surface area (Å²) in [6.07, 6.45) is 0.467. The van der Waals surface area contributed by atoms with Crippen molar-refractivity contribution in [3.8, 4) is 0 Å². The monoisotopic (exact) mass is 258 g/mol. The molecule has 1 aliphatic rings. The van der Waals surface area contributed by atoms with Gasteiger partial charge >= 0.3 is 5.97 Å². The topological polar surface area (TPSA) is 78.9 Å². The van der Waals surface area contributed by atoms with E-state index in [0.717, 1.165) is 0 Å². The minimum Gasteiger partial charge on any atom is -0.480 e. The minimum absolute atomic E-state index is 0.0414. The second-order valence-electron chi connectivity index (χ2n) is 4.87. The molecule has 0 spiro atoms. The molecule has 2 unspecified atom stereocenters. The first-order valence-corrected chi connectivity index (χ1v) is 6.27. The molecule has 1 saturated heterocycles. The fourth-order valence-corrected chi connectivity index (χ4v) is 1.78. The van der Waals surface area contributed by atoms with Gasteiger partial charge in [0, 0.05) is 13.1 Å². The van der Waals surface area contributed by atoms with Crippen LogP contribution in [0.1, 0.15) is 27.2 Å². The Bertz CT molecular complexity index is 321. The van der Waals surface area contributed by atoms with Crippen LogP contribution in [0.5, 0.6) is 0 Å². The molecular weight excluding hydrogens is 236 g/mol. The van der Waals surface area contributed by atoms with Crippen LogP contribution < -0.4 is 5.32 Å². The maximum atomic E-state index is 11.9. The van der Waals surface area contributed by atoms with Crippen LogP contribution in [0, 0.1) is 0 Å². The molecule has 18 heavy (non-hydrogen) atoms. The Kier molecular flexibility index (Phi) is 5.10. The fraction of sp³-hybridized carbons (Fsp3) is 0.833. The van der Waals surface area contributed by atoms with Crippen molar-refractivity contribution in [1.29, 1.82) is 0 Å². The van der Waals surface area contributed by atoms with Gasteiger partial charge in [0.05, 0.1) is 19.3 Å². The highest BCUT2D eigenvalue weighted by atomic mass is 16.5. The zero-order valence-corrected chi connectivity index (χ0v) is 11.2. The number of nitrogens with zero attached hydrogens (tertiary/aromatic N) is 1. The Hall–Kier alpha value is -1.14. The molecule has 1 heterocycles. The average Bonchev–Trinajstić information content (AvgIpc) is 2.35. The molecule has 104 valence electrons. The van der Waals surface area contributed by atoms with Crippen LogP contribution in [0.15, 0.2) is 0 Å². The molecule has 6 nitrogen and oxygen atoms in total. The predicted octanol–water partition coefficient (Wildman–Crippen LogP) is 0.0766. The van der Waals surface area contributed by atoms with E-state index in [1.807, 2.05) is 6.92 Å². The standard InChI is InChI=1S/C12H22N2O4/c1-4-12(3,11(16)17)13-7-10(15)14-5-6-18-9(2)8-14/h9,13H,4-8H2,1-3H3,(H,16,17). The van der Waals surface area contributed by atoms with Gasteiger partial charge in [-0.1, -0.05) is 6.92 Å². The van der Waals surface area contributed by atoms with Gasteiger partial charge in [0.1, 0.15) is 5.54 Å². The molecule has 6 heteroatoms. The zero-order chi connectivity index (χ0) is 13.8. The van der Waals surface area contributed by atoms with E-state index in [1.165, 1.54) is 0 Å². The molecule has 1 fully saturated rings. The molecule has 0 saturated carbocycles. The second-order valence-corrected chi connectivity index (χ2v) is 4.87. The Morgan fingerprint density at radius 3 is 2.72 bits per heavy atom. The molecule has 0 aromatic carbocycles. The summed E-state index contributed by atoms with van der Waals surface area (Å²) in [5, 5.41) is 11.9. The highest BCUT2D eigenvalue weighted by Crippen LogP contribution is 2.09. The van der Waals surface area contributed by atoms with Gasteiger partial charge in [-0.25, -0.2) is 0 Å². The normalized spacial score (nSPS) is 23.5. The summed E-state index contributed by atoms with van der Waals surface area (Å²) in [5.74, 6) is -1.01. The lowest BCUT2D eigenvalue weighted by Crippen LogP contribution is -2.54. The van der Waals surface area contributed by atoms with E-state index < -0.39 is 11.5 Å². The van der Waals surface area contributed by atoms with Crippen LogP contribution in [-0.4, -0.2) is 59.8 Å².